The SMILES string of the molecule is COC(=O)C(CO)NC(=O)OCCc1ccccc1. The third kappa shape index (κ3) is 5.39. The smallest absolute Gasteiger partial charge is 0.407 e. The van der Waals surface area contributed by atoms with Gasteiger partial charge in [0.1, 0.15) is 0 Å². The van der Waals surface area contributed by atoms with Crippen molar-refractivity contribution in [1.29, 1.82) is 0 Å². The first kappa shape index (κ1) is 15.0. The van der Waals surface area contributed by atoms with Crippen molar-refractivity contribution in [2.24, 2.45) is 0 Å². The molecular weight excluding hydrogens is 250 g/mol. The maximum absolute atomic E-state index is 11.4. The normalized spacial score (nSPS) is 11.5. The lowest BCUT2D eigenvalue weighted by Crippen LogP contribution is -2.44. The van der Waals surface area contributed by atoms with Gasteiger partial charge in [-0.15, -0.1) is 0 Å². The number of rotatable bonds is 6. The first-order valence-corrected chi connectivity index (χ1v) is 5.83. The van der Waals surface area contributed by atoms with E-state index >= 15 is 0 Å². The minimum Gasteiger partial charge on any atom is -0.467 e. The monoisotopic (exact) mass is 267 g/mol. The van der Waals surface area contributed by atoms with Crippen LogP contribution in [0.1, 0.15) is 5.56 Å². The van der Waals surface area contributed by atoms with E-state index in [2.05, 4.69) is 10.1 Å². The topological polar surface area (TPSA) is 84.9 Å². The fourth-order valence-corrected chi connectivity index (χ4v) is 1.41. The van der Waals surface area contributed by atoms with Gasteiger partial charge in [-0.1, -0.05) is 30.3 Å². The van der Waals surface area contributed by atoms with Crippen molar-refractivity contribution < 1.29 is 24.2 Å². The molecular formula is C13H17NO5. The first-order chi connectivity index (χ1) is 9.17. The summed E-state index contributed by atoms with van der Waals surface area (Å²) in [6.45, 7) is -0.352. The van der Waals surface area contributed by atoms with Gasteiger partial charge in [-0.25, -0.2) is 9.59 Å². The molecule has 0 saturated carbocycles. The maximum Gasteiger partial charge on any atom is 0.407 e. The lowest BCUT2D eigenvalue weighted by molar-refractivity contribution is -0.144. The second-order valence-corrected chi connectivity index (χ2v) is 3.77. The van der Waals surface area contributed by atoms with Crippen LogP contribution in [0.2, 0.25) is 0 Å². The van der Waals surface area contributed by atoms with Crippen LogP contribution in [-0.2, 0) is 20.7 Å². The number of carbonyl (C=O) groups is 2. The van der Waals surface area contributed by atoms with Crippen molar-refractivity contribution in [1.82, 2.24) is 5.32 Å². The van der Waals surface area contributed by atoms with Crippen molar-refractivity contribution in [3.05, 3.63) is 35.9 Å². The largest absolute Gasteiger partial charge is 0.467 e. The number of benzene rings is 1. The fraction of sp³-hybridized carbons (Fsp3) is 0.385. The molecule has 1 unspecified atom stereocenters. The van der Waals surface area contributed by atoms with Gasteiger partial charge in [0, 0.05) is 6.42 Å². The second-order valence-electron chi connectivity index (χ2n) is 3.77. The average Bonchev–Trinajstić information content (AvgIpc) is 2.45. The van der Waals surface area contributed by atoms with Crippen molar-refractivity contribution in [2.45, 2.75) is 12.5 Å². The van der Waals surface area contributed by atoms with Crippen LogP contribution < -0.4 is 5.32 Å². The zero-order chi connectivity index (χ0) is 14.1. The summed E-state index contributed by atoms with van der Waals surface area (Å²) < 4.78 is 9.31. The van der Waals surface area contributed by atoms with Gasteiger partial charge in [0.15, 0.2) is 6.04 Å². The molecule has 1 rings (SSSR count). The van der Waals surface area contributed by atoms with Gasteiger partial charge in [-0.2, -0.15) is 0 Å². The Balaban J connectivity index is 2.29. The Kier molecular flexibility index (Phi) is 6.38. The van der Waals surface area contributed by atoms with Crippen LogP contribution in [0.15, 0.2) is 30.3 Å². The van der Waals surface area contributed by atoms with E-state index in [0.29, 0.717) is 6.42 Å². The number of esters is 1. The summed E-state index contributed by atoms with van der Waals surface area (Å²) in [4.78, 5) is 22.5. The van der Waals surface area contributed by atoms with E-state index in [1.54, 1.807) is 0 Å². The van der Waals surface area contributed by atoms with Crippen LogP contribution in [-0.4, -0.2) is 43.5 Å². The van der Waals surface area contributed by atoms with Gasteiger partial charge in [0.2, 0.25) is 0 Å². The highest BCUT2D eigenvalue weighted by Crippen LogP contribution is 1.99. The van der Waals surface area contributed by atoms with E-state index in [9.17, 15) is 9.59 Å². The van der Waals surface area contributed by atoms with E-state index in [4.69, 9.17) is 9.84 Å². The number of nitrogens with one attached hydrogen (secondary N) is 1. The molecule has 0 aliphatic rings. The standard InChI is InChI=1S/C13H17NO5/c1-18-12(16)11(9-15)14-13(17)19-8-7-10-5-3-2-4-6-10/h2-6,11,15H,7-9H2,1H3,(H,14,17). The fourth-order valence-electron chi connectivity index (χ4n) is 1.41. The molecule has 104 valence electrons. The molecule has 0 aliphatic heterocycles. The highest BCUT2D eigenvalue weighted by Gasteiger charge is 2.20. The van der Waals surface area contributed by atoms with E-state index in [1.807, 2.05) is 30.3 Å². The average molecular weight is 267 g/mol. The van der Waals surface area contributed by atoms with Crippen molar-refractivity contribution in [3.63, 3.8) is 0 Å². The molecule has 0 spiro atoms. The van der Waals surface area contributed by atoms with Crippen LogP contribution >= 0.6 is 0 Å². The van der Waals surface area contributed by atoms with Gasteiger partial charge < -0.3 is 19.9 Å². The van der Waals surface area contributed by atoms with E-state index in [0.717, 1.165) is 5.56 Å². The molecule has 0 heterocycles. The highest BCUT2D eigenvalue weighted by atomic mass is 16.6. The summed E-state index contributed by atoms with van der Waals surface area (Å²) in [5.74, 6) is -0.720. The predicted octanol–water partition coefficient (Wildman–Crippen LogP) is 0.489. The molecule has 1 atom stereocenters. The van der Waals surface area contributed by atoms with E-state index in [1.165, 1.54) is 7.11 Å². The van der Waals surface area contributed by atoms with Gasteiger partial charge >= 0.3 is 12.1 Å². The molecule has 6 nitrogen and oxygen atoms in total. The number of alkyl carbamates (subject to hydrolysis) is 1. The summed E-state index contributed by atoms with van der Waals surface area (Å²) in [5.41, 5.74) is 1.04. The summed E-state index contributed by atoms with van der Waals surface area (Å²) in [6, 6.07) is 8.44. The Morgan fingerprint density at radius 1 is 1.32 bits per heavy atom. The summed E-state index contributed by atoms with van der Waals surface area (Å²) in [6.07, 6.45) is -0.184. The highest BCUT2D eigenvalue weighted by molar-refractivity contribution is 5.81. The van der Waals surface area contributed by atoms with Gasteiger partial charge in [0.25, 0.3) is 0 Å². The second kappa shape index (κ2) is 8.10. The van der Waals surface area contributed by atoms with Crippen LogP contribution in [0.25, 0.3) is 0 Å². The number of methoxy groups -OCH3 is 1. The number of hydrogen-bond acceptors (Lipinski definition) is 5. The Bertz CT molecular complexity index is 407. The van der Waals surface area contributed by atoms with E-state index in [-0.39, 0.29) is 6.61 Å². The summed E-state index contributed by atoms with van der Waals surface area (Å²) >= 11 is 0. The number of ether oxygens (including phenoxy) is 2. The van der Waals surface area contributed by atoms with Crippen LogP contribution in [0.5, 0.6) is 0 Å². The number of hydrogen-bond donors (Lipinski definition) is 2. The lowest BCUT2D eigenvalue weighted by Gasteiger charge is -2.13. The number of aliphatic hydroxyl groups is 1. The number of carbonyl (C=O) groups excluding carboxylic acids is 2. The molecule has 0 radical (unpaired) electrons. The molecule has 0 saturated heterocycles. The van der Waals surface area contributed by atoms with Crippen molar-refractivity contribution in [2.75, 3.05) is 20.3 Å². The summed E-state index contributed by atoms with van der Waals surface area (Å²) in [7, 11) is 1.17. The Morgan fingerprint density at radius 2 is 2.00 bits per heavy atom. The molecule has 1 aromatic rings. The first-order valence-electron chi connectivity index (χ1n) is 5.83. The molecule has 0 aliphatic carbocycles. The molecule has 6 heteroatoms. The molecule has 0 bridgehead atoms. The van der Waals surface area contributed by atoms with Crippen molar-refractivity contribution in [3.8, 4) is 0 Å². The minimum absolute atomic E-state index is 0.190. The van der Waals surface area contributed by atoms with Crippen LogP contribution in [0.4, 0.5) is 4.79 Å². The quantitative estimate of drug-likeness (QED) is 0.733. The molecule has 1 amide bonds. The molecule has 1 aromatic carbocycles. The Hall–Kier alpha value is -2.08. The van der Waals surface area contributed by atoms with Gasteiger partial charge in [-0.05, 0) is 5.56 Å². The van der Waals surface area contributed by atoms with Crippen LogP contribution in [0, 0.1) is 0 Å². The lowest BCUT2D eigenvalue weighted by atomic mass is 10.2. The van der Waals surface area contributed by atoms with Crippen LogP contribution in [0.3, 0.4) is 0 Å². The zero-order valence-electron chi connectivity index (χ0n) is 10.7. The Labute approximate surface area is 111 Å². The molecule has 0 fully saturated rings. The predicted molar refractivity (Wildman–Crippen MR) is 67.5 cm³/mol. The molecule has 2 N–H and O–H groups in total. The van der Waals surface area contributed by atoms with Gasteiger partial charge in [-0.3, -0.25) is 0 Å². The minimum atomic E-state index is -1.10. The Morgan fingerprint density at radius 3 is 2.58 bits per heavy atom. The molecule has 19 heavy (non-hydrogen) atoms. The third-order valence-corrected chi connectivity index (χ3v) is 2.43. The summed E-state index contributed by atoms with van der Waals surface area (Å²) in [5, 5.41) is 11.1. The van der Waals surface area contributed by atoms with E-state index < -0.39 is 24.7 Å². The van der Waals surface area contributed by atoms with Gasteiger partial charge in [0.05, 0.1) is 20.3 Å². The zero-order valence-corrected chi connectivity index (χ0v) is 10.7. The number of aliphatic hydroxyl groups excluding tert-OH is 1. The third-order valence-electron chi connectivity index (χ3n) is 2.43. The number of amides is 1. The maximum atomic E-state index is 11.4. The molecule has 0 aromatic heterocycles. The van der Waals surface area contributed by atoms with Crippen molar-refractivity contribution >= 4 is 12.1 Å².